The number of benzene rings is 1. The molecule has 84 valence electrons. The Hall–Kier alpha value is -1.97. The number of hydrogen-bond acceptors (Lipinski definition) is 3. The van der Waals surface area contributed by atoms with Gasteiger partial charge in [0.15, 0.2) is 5.75 Å². The van der Waals surface area contributed by atoms with Crippen LogP contribution in [-0.4, -0.2) is 16.9 Å². The van der Waals surface area contributed by atoms with Gasteiger partial charge in [-0.25, -0.2) is 0 Å². The molecule has 0 aliphatic carbocycles. The number of nitrogens with zero attached hydrogens (tertiary/aromatic N) is 2. The van der Waals surface area contributed by atoms with Gasteiger partial charge in [-0.15, -0.1) is 0 Å². The molecule has 1 aromatic heterocycles. The first-order chi connectivity index (χ1) is 7.76. The van der Waals surface area contributed by atoms with Crippen molar-refractivity contribution in [3.05, 3.63) is 30.5 Å². The average molecular weight is 217 g/mol. The highest BCUT2D eigenvalue weighted by Gasteiger charge is 2.12. The van der Waals surface area contributed by atoms with Crippen LogP contribution < -0.4 is 10.5 Å². The third kappa shape index (κ3) is 1.74. The van der Waals surface area contributed by atoms with Crippen LogP contribution in [0.5, 0.6) is 5.75 Å². The Balaban J connectivity index is 2.57. The molecule has 4 nitrogen and oxygen atoms in total. The van der Waals surface area contributed by atoms with Crippen LogP contribution in [0.1, 0.15) is 6.92 Å². The molecule has 0 aliphatic rings. The van der Waals surface area contributed by atoms with Crippen LogP contribution in [0.3, 0.4) is 0 Å². The molecule has 0 saturated heterocycles. The maximum absolute atomic E-state index is 5.78. The Bertz CT molecular complexity index is 469. The molecule has 1 heterocycles. The molecule has 0 bridgehead atoms. The zero-order valence-electron chi connectivity index (χ0n) is 9.47. The van der Waals surface area contributed by atoms with E-state index < -0.39 is 0 Å². The first-order valence-electron chi connectivity index (χ1n) is 5.22. The van der Waals surface area contributed by atoms with E-state index in [4.69, 9.17) is 10.5 Å². The van der Waals surface area contributed by atoms with Crippen LogP contribution >= 0.6 is 0 Å². The SMILES string of the molecule is CCn1ncc(OC)c1-c1cccc(N)c1. The van der Waals surface area contributed by atoms with Crippen molar-refractivity contribution in [2.24, 2.45) is 0 Å². The number of nitrogens with two attached hydrogens (primary N) is 1. The lowest BCUT2D eigenvalue weighted by Gasteiger charge is -2.07. The van der Waals surface area contributed by atoms with Gasteiger partial charge in [-0.3, -0.25) is 4.68 Å². The van der Waals surface area contributed by atoms with Gasteiger partial charge in [0.1, 0.15) is 5.69 Å². The lowest BCUT2D eigenvalue weighted by Crippen LogP contribution is -2.00. The van der Waals surface area contributed by atoms with Crippen LogP contribution in [0.15, 0.2) is 30.5 Å². The Kier molecular flexibility index (Phi) is 2.81. The van der Waals surface area contributed by atoms with Crippen LogP contribution in [0, 0.1) is 0 Å². The molecule has 16 heavy (non-hydrogen) atoms. The van der Waals surface area contributed by atoms with Crippen LogP contribution in [-0.2, 0) is 6.54 Å². The summed E-state index contributed by atoms with van der Waals surface area (Å²) in [6, 6.07) is 7.72. The van der Waals surface area contributed by atoms with Gasteiger partial charge in [0.25, 0.3) is 0 Å². The minimum atomic E-state index is 0.739. The van der Waals surface area contributed by atoms with Crippen LogP contribution in [0.4, 0.5) is 5.69 Å². The Morgan fingerprint density at radius 1 is 1.44 bits per heavy atom. The van der Waals surface area contributed by atoms with E-state index in [1.807, 2.05) is 35.9 Å². The Morgan fingerprint density at radius 2 is 2.25 bits per heavy atom. The van der Waals surface area contributed by atoms with Crippen molar-refractivity contribution in [3.8, 4) is 17.0 Å². The van der Waals surface area contributed by atoms with Crippen molar-refractivity contribution in [2.75, 3.05) is 12.8 Å². The van der Waals surface area contributed by atoms with Gasteiger partial charge in [-0.05, 0) is 19.1 Å². The van der Waals surface area contributed by atoms with Crippen LogP contribution in [0.2, 0.25) is 0 Å². The van der Waals surface area contributed by atoms with E-state index in [1.54, 1.807) is 13.3 Å². The summed E-state index contributed by atoms with van der Waals surface area (Å²) in [5.74, 6) is 0.771. The topological polar surface area (TPSA) is 53.1 Å². The monoisotopic (exact) mass is 217 g/mol. The van der Waals surface area contributed by atoms with Gasteiger partial charge in [0.2, 0.25) is 0 Å². The molecule has 0 fully saturated rings. The molecule has 0 saturated carbocycles. The first kappa shape index (κ1) is 10.5. The number of hydrogen-bond donors (Lipinski definition) is 1. The predicted octanol–water partition coefficient (Wildman–Crippen LogP) is 2.16. The van der Waals surface area contributed by atoms with E-state index in [1.165, 1.54) is 0 Å². The second-order valence-electron chi connectivity index (χ2n) is 3.50. The molecule has 1 aromatic carbocycles. The number of aryl methyl sites for hydroxylation is 1. The summed E-state index contributed by atoms with van der Waals surface area (Å²) in [6.45, 7) is 2.84. The van der Waals surface area contributed by atoms with E-state index in [0.717, 1.165) is 29.2 Å². The van der Waals surface area contributed by atoms with Gasteiger partial charge in [-0.2, -0.15) is 5.10 Å². The molecule has 0 aliphatic heterocycles. The quantitative estimate of drug-likeness (QED) is 0.801. The Morgan fingerprint density at radius 3 is 2.88 bits per heavy atom. The summed E-state index contributed by atoms with van der Waals surface area (Å²) in [5, 5.41) is 4.26. The maximum Gasteiger partial charge on any atom is 0.164 e. The minimum Gasteiger partial charge on any atom is -0.493 e. The maximum atomic E-state index is 5.78. The standard InChI is InChI=1S/C12H15N3O/c1-3-15-12(11(16-2)8-14-15)9-5-4-6-10(13)7-9/h4-8H,3,13H2,1-2H3. The number of anilines is 1. The highest BCUT2D eigenvalue weighted by Crippen LogP contribution is 2.30. The fourth-order valence-electron chi connectivity index (χ4n) is 1.73. The third-order valence-corrected chi connectivity index (χ3v) is 2.49. The van der Waals surface area contributed by atoms with Crippen molar-refractivity contribution >= 4 is 5.69 Å². The summed E-state index contributed by atoms with van der Waals surface area (Å²) in [5.41, 5.74) is 8.51. The predicted molar refractivity (Wildman–Crippen MR) is 64.3 cm³/mol. The summed E-state index contributed by atoms with van der Waals surface area (Å²) in [4.78, 5) is 0. The lowest BCUT2D eigenvalue weighted by atomic mass is 10.1. The number of ether oxygens (including phenoxy) is 1. The van der Waals surface area contributed by atoms with E-state index in [-0.39, 0.29) is 0 Å². The van der Waals surface area contributed by atoms with Crippen LogP contribution in [0.25, 0.3) is 11.3 Å². The second-order valence-corrected chi connectivity index (χ2v) is 3.50. The fraction of sp³-hybridized carbons (Fsp3) is 0.250. The molecule has 0 amide bonds. The number of aromatic nitrogens is 2. The number of nitrogen functional groups attached to an aromatic ring is 1. The molecule has 0 spiro atoms. The van der Waals surface area contributed by atoms with Gasteiger partial charge in [0, 0.05) is 17.8 Å². The van der Waals surface area contributed by atoms with Crippen molar-refractivity contribution < 1.29 is 4.74 Å². The van der Waals surface area contributed by atoms with Crippen molar-refractivity contribution in [2.45, 2.75) is 13.5 Å². The lowest BCUT2D eigenvalue weighted by molar-refractivity contribution is 0.416. The molecular weight excluding hydrogens is 202 g/mol. The van der Waals surface area contributed by atoms with E-state index in [0.29, 0.717) is 0 Å². The van der Waals surface area contributed by atoms with E-state index in [2.05, 4.69) is 5.10 Å². The third-order valence-electron chi connectivity index (χ3n) is 2.49. The molecule has 2 aromatic rings. The molecule has 0 radical (unpaired) electrons. The number of rotatable bonds is 3. The van der Waals surface area contributed by atoms with Gasteiger partial charge >= 0.3 is 0 Å². The molecule has 2 N–H and O–H groups in total. The zero-order valence-corrected chi connectivity index (χ0v) is 9.47. The van der Waals surface area contributed by atoms with E-state index in [9.17, 15) is 0 Å². The first-order valence-corrected chi connectivity index (χ1v) is 5.22. The zero-order chi connectivity index (χ0) is 11.5. The second kappa shape index (κ2) is 4.26. The molecule has 0 unspecified atom stereocenters. The Labute approximate surface area is 94.6 Å². The van der Waals surface area contributed by atoms with Crippen molar-refractivity contribution in [3.63, 3.8) is 0 Å². The van der Waals surface area contributed by atoms with Gasteiger partial charge < -0.3 is 10.5 Å². The van der Waals surface area contributed by atoms with Gasteiger partial charge in [0.05, 0.1) is 13.3 Å². The molecule has 0 atom stereocenters. The summed E-state index contributed by atoms with van der Waals surface area (Å²) in [7, 11) is 1.65. The molecular formula is C12H15N3O. The molecule has 2 rings (SSSR count). The van der Waals surface area contributed by atoms with Crippen molar-refractivity contribution in [1.29, 1.82) is 0 Å². The largest absolute Gasteiger partial charge is 0.493 e. The summed E-state index contributed by atoms with van der Waals surface area (Å²) < 4.78 is 7.19. The highest BCUT2D eigenvalue weighted by atomic mass is 16.5. The summed E-state index contributed by atoms with van der Waals surface area (Å²) in [6.07, 6.45) is 1.72. The fourth-order valence-corrected chi connectivity index (χ4v) is 1.73. The number of methoxy groups -OCH3 is 1. The minimum absolute atomic E-state index is 0.739. The van der Waals surface area contributed by atoms with Crippen molar-refractivity contribution in [1.82, 2.24) is 9.78 Å². The normalized spacial score (nSPS) is 10.4. The average Bonchev–Trinajstić information content (AvgIpc) is 2.71. The molecule has 4 heteroatoms. The van der Waals surface area contributed by atoms with Gasteiger partial charge in [-0.1, -0.05) is 12.1 Å². The smallest absolute Gasteiger partial charge is 0.164 e. The highest BCUT2D eigenvalue weighted by molar-refractivity contribution is 5.69. The summed E-state index contributed by atoms with van der Waals surface area (Å²) >= 11 is 0. The van der Waals surface area contributed by atoms with E-state index >= 15 is 0 Å².